The number of aliphatic hydroxyl groups excluding tert-OH is 1. The first kappa shape index (κ1) is 12.2. The highest BCUT2D eigenvalue weighted by Gasteiger charge is 2.30. The Morgan fingerprint density at radius 3 is 2.61 bits per heavy atom. The molecule has 98 valence electrons. The average molecular weight is 245 g/mol. The molecule has 0 amide bonds. The molecule has 0 radical (unpaired) electrons. The van der Waals surface area contributed by atoms with E-state index in [1.807, 2.05) is 0 Å². The SMILES string of the molecule is OC(CC1CCC1)N1CC[C@@H](c2ccccc2)C1. The summed E-state index contributed by atoms with van der Waals surface area (Å²) in [5, 5.41) is 10.3. The van der Waals surface area contributed by atoms with E-state index in [0.29, 0.717) is 5.92 Å². The lowest BCUT2D eigenvalue weighted by atomic mass is 9.82. The van der Waals surface area contributed by atoms with Crippen molar-refractivity contribution < 1.29 is 5.11 Å². The smallest absolute Gasteiger partial charge is 0.107 e. The standard InChI is InChI=1S/C16H23NO/c18-16(11-13-5-4-6-13)17-10-9-15(12-17)14-7-2-1-3-8-14/h1-3,7-8,13,15-16,18H,4-6,9-12H2/t15-,16?/m1/s1. The lowest BCUT2D eigenvalue weighted by Gasteiger charge is -2.31. The van der Waals surface area contributed by atoms with Gasteiger partial charge in [-0.05, 0) is 30.2 Å². The van der Waals surface area contributed by atoms with Crippen molar-refractivity contribution in [3.63, 3.8) is 0 Å². The molecule has 2 aliphatic rings. The minimum Gasteiger partial charge on any atom is -0.378 e. The second-order valence-corrected chi connectivity index (χ2v) is 5.90. The molecule has 2 fully saturated rings. The number of benzene rings is 1. The molecule has 2 nitrogen and oxygen atoms in total. The van der Waals surface area contributed by atoms with Gasteiger partial charge in [-0.2, -0.15) is 0 Å². The van der Waals surface area contributed by atoms with E-state index in [1.165, 1.54) is 31.2 Å². The maximum absolute atomic E-state index is 10.3. The van der Waals surface area contributed by atoms with Gasteiger partial charge in [-0.15, -0.1) is 0 Å². The molecule has 1 aromatic carbocycles. The van der Waals surface area contributed by atoms with Crippen LogP contribution in [0.15, 0.2) is 30.3 Å². The van der Waals surface area contributed by atoms with Crippen LogP contribution < -0.4 is 0 Å². The molecule has 1 aromatic rings. The van der Waals surface area contributed by atoms with Crippen LogP contribution in [0.4, 0.5) is 0 Å². The number of rotatable bonds is 4. The molecule has 0 aromatic heterocycles. The minimum absolute atomic E-state index is 0.205. The van der Waals surface area contributed by atoms with Crippen LogP contribution in [0.2, 0.25) is 0 Å². The fourth-order valence-electron chi connectivity index (χ4n) is 3.23. The van der Waals surface area contributed by atoms with E-state index >= 15 is 0 Å². The van der Waals surface area contributed by atoms with Gasteiger partial charge in [0.15, 0.2) is 0 Å². The van der Waals surface area contributed by atoms with E-state index < -0.39 is 0 Å². The molecule has 1 unspecified atom stereocenters. The van der Waals surface area contributed by atoms with Crippen molar-refractivity contribution in [1.29, 1.82) is 0 Å². The highest BCUT2D eigenvalue weighted by molar-refractivity contribution is 5.21. The second-order valence-electron chi connectivity index (χ2n) is 5.90. The Kier molecular flexibility index (Phi) is 3.67. The fraction of sp³-hybridized carbons (Fsp3) is 0.625. The normalized spacial score (nSPS) is 27.1. The van der Waals surface area contributed by atoms with Crippen molar-refractivity contribution in [2.45, 2.75) is 44.2 Å². The molecule has 1 N–H and O–H groups in total. The van der Waals surface area contributed by atoms with Gasteiger partial charge in [0.1, 0.15) is 6.23 Å². The van der Waals surface area contributed by atoms with Crippen LogP contribution in [0.25, 0.3) is 0 Å². The Hall–Kier alpha value is -0.860. The molecule has 2 atom stereocenters. The summed E-state index contributed by atoms with van der Waals surface area (Å²) in [5.41, 5.74) is 1.43. The summed E-state index contributed by atoms with van der Waals surface area (Å²) in [4.78, 5) is 2.27. The zero-order valence-corrected chi connectivity index (χ0v) is 11.0. The zero-order valence-electron chi connectivity index (χ0n) is 11.0. The topological polar surface area (TPSA) is 23.5 Å². The summed E-state index contributed by atoms with van der Waals surface area (Å²) in [7, 11) is 0. The van der Waals surface area contributed by atoms with Gasteiger partial charge in [0, 0.05) is 13.1 Å². The van der Waals surface area contributed by atoms with Crippen molar-refractivity contribution in [2.75, 3.05) is 13.1 Å². The first-order valence-corrected chi connectivity index (χ1v) is 7.30. The largest absolute Gasteiger partial charge is 0.378 e. The van der Waals surface area contributed by atoms with Gasteiger partial charge in [-0.1, -0.05) is 49.6 Å². The number of aliphatic hydroxyl groups is 1. The van der Waals surface area contributed by atoms with Crippen LogP contribution in [-0.4, -0.2) is 29.3 Å². The van der Waals surface area contributed by atoms with E-state index in [0.717, 1.165) is 25.4 Å². The van der Waals surface area contributed by atoms with Crippen molar-refractivity contribution in [2.24, 2.45) is 5.92 Å². The molecule has 0 spiro atoms. The highest BCUT2D eigenvalue weighted by atomic mass is 16.3. The Balaban J connectivity index is 1.54. The number of likely N-dealkylation sites (tertiary alicyclic amines) is 1. The van der Waals surface area contributed by atoms with Gasteiger partial charge in [0.05, 0.1) is 0 Å². The quantitative estimate of drug-likeness (QED) is 0.881. The first-order chi connectivity index (χ1) is 8.83. The molecule has 18 heavy (non-hydrogen) atoms. The molecule has 1 aliphatic carbocycles. The lowest BCUT2D eigenvalue weighted by molar-refractivity contribution is -0.00871. The predicted octanol–water partition coefficient (Wildman–Crippen LogP) is 2.98. The summed E-state index contributed by atoms with van der Waals surface area (Å²) in [5.74, 6) is 1.40. The maximum atomic E-state index is 10.3. The van der Waals surface area contributed by atoms with Gasteiger partial charge in [-0.3, -0.25) is 4.90 Å². The third kappa shape index (κ3) is 2.60. The molecular weight excluding hydrogens is 222 g/mol. The molecule has 1 heterocycles. The van der Waals surface area contributed by atoms with Crippen molar-refractivity contribution in [3.05, 3.63) is 35.9 Å². The zero-order chi connectivity index (χ0) is 12.4. The third-order valence-electron chi connectivity index (χ3n) is 4.68. The molecule has 3 rings (SSSR count). The highest BCUT2D eigenvalue weighted by Crippen LogP contribution is 2.33. The Morgan fingerprint density at radius 2 is 1.94 bits per heavy atom. The Bertz CT molecular complexity index is 374. The van der Waals surface area contributed by atoms with Crippen LogP contribution in [-0.2, 0) is 0 Å². The second kappa shape index (κ2) is 5.41. The molecule has 1 aliphatic heterocycles. The molecule has 1 saturated heterocycles. The van der Waals surface area contributed by atoms with E-state index in [1.54, 1.807) is 0 Å². The Morgan fingerprint density at radius 1 is 1.17 bits per heavy atom. The van der Waals surface area contributed by atoms with Gasteiger partial charge < -0.3 is 5.11 Å². The third-order valence-corrected chi connectivity index (χ3v) is 4.68. The summed E-state index contributed by atoms with van der Waals surface area (Å²) in [6.07, 6.45) is 5.99. The number of hydrogen-bond donors (Lipinski definition) is 1. The lowest BCUT2D eigenvalue weighted by Crippen LogP contribution is -2.35. The van der Waals surface area contributed by atoms with Crippen LogP contribution in [0.3, 0.4) is 0 Å². The summed E-state index contributed by atoms with van der Waals surface area (Å²) < 4.78 is 0. The van der Waals surface area contributed by atoms with Crippen molar-refractivity contribution in [3.8, 4) is 0 Å². The van der Waals surface area contributed by atoms with Gasteiger partial charge in [0.2, 0.25) is 0 Å². The van der Waals surface area contributed by atoms with Crippen LogP contribution >= 0.6 is 0 Å². The number of hydrogen-bond acceptors (Lipinski definition) is 2. The van der Waals surface area contributed by atoms with E-state index in [-0.39, 0.29) is 6.23 Å². The van der Waals surface area contributed by atoms with E-state index in [2.05, 4.69) is 35.2 Å². The molecule has 0 bridgehead atoms. The molecular formula is C16H23NO. The monoisotopic (exact) mass is 245 g/mol. The fourth-order valence-corrected chi connectivity index (χ4v) is 3.23. The minimum atomic E-state index is -0.205. The van der Waals surface area contributed by atoms with Crippen LogP contribution in [0.1, 0.15) is 43.6 Å². The van der Waals surface area contributed by atoms with Gasteiger partial charge in [0.25, 0.3) is 0 Å². The van der Waals surface area contributed by atoms with Gasteiger partial charge in [-0.25, -0.2) is 0 Å². The summed E-state index contributed by atoms with van der Waals surface area (Å²) in [6, 6.07) is 10.7. The van der Waals surface area contributed by atoms with Crippen LogP contribution in [0.5, 0.6) is 0 Å². The summed E-state index contributed by atoms with van der Waals surface area (Å²) in [6.45, 7) is 2.07. The van der Waals surface area contributed by atoms with Crippen molar-refractivity contribution >= 4 is 0 Å². The number of nitrogens with zero attached hydrogens (tertiary/aromatic N) is 1. The predicted molar refractivity (Wildman–Crippen MR) is 73.3 cm³/mol. The first-order valence-electron chi connectivity index (χ1n) is 7.30. The van der Waals surface area contributed by atoms with Crippen molar-refractivity contribution in [1.82, 2.24) is 4.90 Å². The van der Waals surface area contributed by atoms with Gasteiger partial charge >= 0.3 is 0 Å². The molecule has 2 heteroatoms. The van der Waals surface area contributed by atoms with E-state index in [4.69, 9.17) is 0 Å². The average Bonchev–Trinajstić information content (AvgIpc) is 2.84. The maximum Gasteiger partial charge on any atom is 0.107 e. The van der Waals surface area contributed by atoms with Crippen LogP contribution in [0, 0.1) is 5.92 Å². The molecule has 1 saturated carbocycles. The Labute approximate surface area is 110 Å². The summed E-state index contributed by atoms with van der Waals surface area (Å²) >= 11 is 0. The van der Waals surface area contributed by atoms with E-state index in [9.17, 15) is 5.11 Å².